The quantitative estimate of drug-likeness (QED) is 0.330. The molecule has 0 spiro atoms. The number of anilines is 1. The average molecular weight is 499 g/mol. The fraction of sp³-hybridized carbons (Fsp3) is 0.241. The summed E-state index contributed by atoms with van der Waals surface area (Å²) < 4.78 is 13.6. The summed E-state index contributed by atoms with van der Waals surface area (Å²) in [5, 5.41) is 4.17. The molecular formula is C29H30N4O2S. The SMILES string of the molecule is COc1ccc(OC)c(N2C(=S)N[C@H](c3ccccn3)[C@H]2c2cc(C)n(-c3ccccc3C)c2C)c1. The highest BCUT2D eigenvalue weighted by molar-refractivity contribution is 7.80. The molecule has 0 aliphatic carbocycles. The maximum absolute atomic E-state index is 5.94. The third kappa shape index (κ3) is 3.99. The van der Waals surface area contributed by atoms with E-state index in [2.05, 4.69) is 65.9 Å². The van der Waals surface area contributed by atoms with Crippen LogP contribution >= 0.6 is 12.2 Å². The molecule has 1 N–H and O–H groups in total. The highest BCUT2D eigenvalue weighted by atomic mass is 32.1. The van der Waals surface area contributed by atoms with Gasteiger partial charge in [-0.3, -0.25) is 4.98 Å². The number of aryl methyl sites for hydroxylation is 2. The van der Waals surface area contributed by atoms with Crippen molar-refractivity contribution < 1.29 is 9.47 Å². The van der Waals surface area contributed by atoms with Gasteiger partial charge in [0, 0.05) is 29.3 Å². The van der Waals surface area contributed by atoms with E-state index in [1.165, 1.54) is 16.8 Å². The Balaban J connectivity index is 1.73. The van der Waals surface area contributed by atoms with Crippen molar-refractivity contribution in [2.24, 2.45) is 0 Å². The zero-order valence-corrected chi connectivity index (χ0v) is 22.0. The number of thiocarbonyl (C=S) groups is 1. The molecule has 184 valence electrons. The Hall–Kier alpha value is -3.84. The van der Waals surface area contributed by atoms with Crippen LogP contribution in [-0.2, 0) is 0 Å². The van der Waals surface area contributed by atoms with Gasteiger partial charge in [-0.2, -0.15) is 0 Å². The van der Waals surface area contributed by atoms with E-state index in [1.54, 1.807) is 14.2 Å². The molecule has 1 aliphatic heterocycles. The van der Waals surface area contributed by atoms with Crippen LogP contribution in [0.25, 0.3) is 5.69 Å². The molecule has 0 radical (unpaired) electrons. The van der Waals surface area contributed by atoms with Crippen LogP contribution in [-0.4, -0.2) is 28.9 Å². The molecular weight excluding hydrogens is 468 g/mol. The van der Waals surface area contributed by atoms with Crippen molar-refractivity contribution >= 4 is 23.0 Å². The molecule has 6 nitrogen and oxygen atoms in total. The minimum atomic E-state index is -0.155. The van der Waals surface area contributed by atoms with Gasteiger partial charge >= 0.3 is 0 Å². The summed E-state index contributed by atoms with van der Waals surface area (Å²) in [7, 11) is 3.34. The van der Waals surface area contributed by atoms with Gasteiger partial charge in [0.15, 0.2) is 5.11 Å². The van der Waals surface area contributed by atoms with Crippen molar-refractivity contribution in [3.63, 3.8) is 0 Å². The number of ether oxygens (including phenoxy) is 2. The van der Waals surface area contributed by atoms with Gasteiger partial charge in [0.1, 0.15) is 11.5 Å². The maximum Gasteiger partial charge on any atom is 0.174 e. The molecule has 2 atom stereocenters. The topological polar surface area (TPSA) is 51.6 Å². The van der Waals surface area contributed by atoms with Gasteiger partial charge in [-0.15, -0.1) is 0 Å². The van der Waals surface area contributed by atoms with Crippen LogP contribution in [0.5, 0.6) is 11.5 Å². The number of hydrogen-bond acceptors (Lipinski definition) is 4. The summed E-state index contributed by atoms with van der Waals surface area (Å²) in [6.45, 7) is 6.47. The first-order chi connectivity index (χ1) is 17.4. The molecule has 3 heterocycles. The minimum Gasteiger partial charge on any atom is -0.497 e. The second kappa shape index (κ2) is 9.66. The number of para-hydroxylation sites is 1. The van der Waals surface area contributed by atoms with E-state index in [1.807, 2.05) is 42.6 Å². The molecule has 5 rings (SSSR count). The van der Waals surface area contributed by atoms with Crippen LogP contribution < -0.4 is 19.7 Å². The van der Waals surface area contributed by atoms with Crippen molar-refractivity contribution in [2.45, 2.75) is 32.9 Å². The van der Waals surface area contributed by atoms with Crippen LogP contribution in [0.15, 0.2) is 72.9 Å². The van der Waals surface area contributed by atoms with Gasteiger partial charge in [-0.25, -0.2) is 0 Å². The van der Waals surface area contributed by atoms with Crippen LogP contribution in [0, 0.1) is 20.8 Å². The van der Waals surface area contributed by atoms with Gasteiger partial charge in [0.05, 0.1) is 37.7 Å². The molecule has 4 aromatic rings. The lowest BCUT2D eigenvalue weighted by Crippen LogP contribution is -2.30. The number of aromatic nitrogens is 2. The van der Waals surface area contributed by atoms with Gasteiger partial charge in [-0.05, 0) is 80.5 Å². The average Bonchev–Trinajstić information content (AvgIpc) is 3.39. The number of nitrogens with zero attached hydrogens (tertiary/aromatic N) is 3. The Kier molecular flexibility index (Phi) is 6.41. The molecule has 1 aliphatic rings. The van der Waals surface area contributed by atoms with Crippen molar-refractivity contribution in [1.29, 1.82) is 0 Å². The van der Waals surface area contributed by atoms with E-state index in [0.717, 1.165) is 34.3 Å². The summed E-state index contributed by atoms with van der Waals surface area (Å²) in [5.41, 5.74) is 7.65. The first kappa shape index (κ1) is 23.9. The number of methoxy groups -OCH3 is 2. The van der Waals surface area contributed by atoms with E-state index in [-0.39, 0.29) is 12.1 Å². The third-order valence-electron chi connectivity index (χ3n) is 6.89. The molecule has 2 aromatic heterocycles. The van der Waals surface area contributed by atoms with Crippen LogP contribution in [0.3, 0.4) is 0 Å². The predicted molar refractivity (Wildman–Crippen MR) is 147 cm³/mol. The van der Waals surface area contributed by atoms with Crippen molar-refractivity contribution in [2.75, 3.05) is 19.1 Å². The first-order valence-corrected chi connectivity index (χ1v) is 12.3. The summed E-state index contributed by atoms with van der Waals surface area (Å²) in [4.78, 5) is 6.83. The molecule has 1 saturated heterocycles. The Morgan fingerprint density at radius 2 is 1.67 bits per heavy atom. The van der Waals surface area contributed by atoms with Crippen LogP contribution in [0.1, 0.15) is 40.3 Å². The van der Waals surface area contributed by atoms with Crippen molar-refractivity contribution in [1.82, 2.24) is 14.9 Å². The number of nitrogens with one attached hydrogen (secondary N) is 1. The summed E-state index contributed by atoms with van der Waals surface area (Å²) in [6.07, 6.45) is 1.82. The fourth-order valence-corrected chi connectivity index (χ4v) is 5.53. The zero-order valence-electron chi connectivity index (χ0n) is 21.1. The van der Waals surface area contributed by atoms with Crippen molar-refractivity contribution in [3.05, 3.63) is 101 Å². The second-order valence-electron chi connectivity index (χ2n) is 8.98. The molecule has 0 bridgehead atoms. The largest absolute Gasteiger partial charge is 0.497 e. The van der Waals surface area contributed by atoms with Crippen LogP contribution in [0.2, 0.25) is 0 Å². The lowest BCUT2D eigenvalue weighted by atomic mass is 9.96. The molecule has 7 heteroatoms. The summed E-state index contributed by atoms with van der Waals surface area (Å²) in [5.74, 6) is 1.46. The van der Waals surface area contributed by atoms with Gasteiger partial charge in [0.2, 0.25) is 0 Å². The van der Waals surface area contributed by atoms with Gasteiger partial charge in [0.25, 0.3) is 0 Å². The van der Waals surface area contributed by atoms with E-state index >= 15 is 0 Å². The number of pyridine rings is 1. The Bertz CT molecular complexity index is 1420. The number of benzene rings is 2. The Morgan fingerprint density at radius 3 is 2.36 bits per heavy atom. The Labute approximate surface area is 217 Å². The highest BCUT2D eigenvalue weighted by Gasteiger charge is 2.43. The van der Waals surface area contributed by atoms with Crippen LogP contribution in [0.4, 0.5) is 5.69 Å². The third-order valence-corrected chi connectivity index (χ3v) is 7.20. The van der Waals surface area contributed by atoms with E-state index < -0.39 is 0 Å². The highest BCUT2D eigenvalue weighted by Crippen LogP contribution is 2.47. The molecule has 0 amide bonds. The van der Waals surface area contributed by atoms with Crippen molar-refractivity contribution in [3.8, 4) is 17.2 Å². The molecule has 1 fully saturated rings. The van der Waals surface area contributed by atoms with E-state index in [9.17, 15) is 0 Å². The fourth-order valence-electron chi connectivity index (χ4n) is 5.19. The standard InChI is InChI=1S/C29H30N4O2S/c1-18-10-6-7-12-24(18)32-19(2)16-22(20(32)3)28-27(23-11-8-9-15-30-23)31-29(36)33(28)25-17-21(34-4)13-14-26(25)35-5/h6-17,27-28H,1-5H3,(H,31,36)/t27-,28-/m1/s1. The minimum absolute atomic E-state index is 0.152. The molecule has 0 saturated carbocycles. The molecule has 0 unspecified atom stereocenters. The number of hydrogen-bond donors (Lipinski definition) is 1. The molecule has 36 heavy (non-hydrogen) atoms. The monoisotopic (exact) mass is 498 g/mol. The number of rotatable bonds is 6. The normalized spacial score (nSPS) is 17.2. The van der Waals surface area contributed by atoms with E-state index in [0.29, 0.717) is 5.11 Å². The zero-order chi connectivity index (χ0) is 25.4. The van der Waals surface area contributed by atoms with Gasteiger partial charge in [-0.1, -0.05) is 24.3 Å². The van der Waals surface area contributed by atoms with E-state index in [4.69, 9.17) is 26.7 Å². The molecule has 2 aromatic carbocycles. The maximum atomic E-state index is 5.94. The van der Waals surface area contributed by atoms with Gasteiger partial charge < -0.3 is 24.3 Å². The summed E-state index contributed by atoms with van der Waals surface area (Å²) >= 11 is 5.94. The second-order valence-corrected chi connectivity index (χ2v) is 9.37. The lowest BCUT2D eigenvalue weighted by molar-refractivity contribution is 0.403. The summed E-state index contributed by atoms with van der Waals surface area (Å²) in [6, 6.07) is 22.2. The first-order valence-electron chi connectivity index (χ1n) is 11.9. The predicted octanol–water partition coefficient (Wildman–Crippen LogP) is 5.99. The lowest BCUT2D eigenvalue weighted by Gasteiger charge is -2.29. The Morgan fingerprint density at radius 1 is 0.889 bits per heavy atom. The smallest absolute Gasteiger partial charge is 0.174 e.